The minimum absolute atomic E-state index is 0.0120. The molecule has 6 rings (SSSR count). The first-order valence-corrected chi connectivity index (χ1v) is 16.9. The highest BCUT2D eigenvalue weighted by atomic mass is 32.2. The number of benzene rings is 2. The number of nitrogens with two attached hydrogens (primary N) is 1. The number of hydrogen-bond acceptors (Lipinski definition) is 7. The Balaban J connectivity index is 1.12. The summed E-state index contributed by atoms with van der Waals surface area (Å²) in [7, 11) is -4.19. The summed E-state index contributed by atoms with van der Waals surface area (Å²) < 4.78 is 33.0. The number of likely N-dealkylation sites (tertiary alicyclic amines) is 2. The van der Waals surface area contributed by atoms with E-state index in [1.54, 1.807) is 35.2 Å². The normalized spacial score (nSPS) is 20.8. The molecule has 11 nitrogen and oxygen atoms in total. The second-order valence-corrected chi connectivity index (χ2v) is 13.6. The van der Waals surface area contributed by atoms with Gasteiger partial charge in [0.1, 0.15) is 17.2 Å². The van der Waals surface area contributed by atoms with Crippen LogP contribution in [-0.2, 0) is 27.8 Å². The smallest absolute Gasteiger partial charge is 0.321 e. The summed E-state index contributed by atoms with van der Waals surface area (Å²) in [5.41, 5.74) is 5.02. The number of aromatic nitrogens is 1. The van der Waals surface area contributed by atoms with Crippen LogP contribution in [0, 0.1) is 18.8 Å². The average Bonchev–Trinajstić information content (AvgIpc) is 3.39. The molecule has 0 saturated carbocycles. The second-order valence-electron chi connectivity index (χ2n) is 12.4. The Morgan fingerprint density at radius 1 is 1.02 bits per heavy atom. The standard InChI is InChI=1S/C33H39N5O6S/c1-21-15-25-8-7-24-17-26(39)18-28(40)30(24)31(32(25)35-19-21)23-10-13-37(14-11-23)29(41)16-22-9-12-38(20-22)33(36-45(34,42)43)44-27-5-3-2-4-6-27/h2-6,15,17-19,22-23,31,39-40H,7-14,16,20H2,1H3,(H2,34,42,43)/b36-33+. The van der Waals surface area contributed by atoms with Crippen LogP contribution in [0.2, 0.25) is 0 Å². The molecule has 0 spiro atoms. The van der Waals surface area contributed by atoms with Gasteiger partial charge in [-0.25, -0.2) is 5.14 Å². The topological polar surface area (TPSA) is 159 Å². The zero-order valence-corrected chi connectivity index (χ0v) is 26.1. The molecule has 1 aliphatic carbocycles. The molecule has 2 atom stereocenters. The molecule has 4 N–H and O–H groups in total. The van der Waals surface area contributed by atoms with Gasteiger partial charge in [0.05, 0.1) is 5.69 Å². The number of para-hydroxylation sites is 1. The molecule has 2 unspecified atom stereocenters. The maximum Gasteiger partial charge on any atom is 0.321 e. The van der Waals surface area contributed by atoms with E-state index in [9.17, 15) is 23.4 Å². The summed E-state index contributed by atoms with van der Waals surface area (Å²) in [5, 5.41) is 26.5. The molecule has 45 heavy (non-hydrogen) atoms. The first-order chi connectivity index (χ1) is 21.5. The molecule has 3 heterocycles. The van der Waals surface area contributed by atoms with E-state index in [0.29, 0.717) is 51.2 Å². The molecule has 1 aromatic heterocycles. The van der Waals surface area contributed by atoms with E-state index in [2.05, 4.69) is 10.5 Å². The van der Waals surface area contributed by atoms with Gasteiger partial charge in [0, 0.05) is 56.3 Å². The van der Waals surface area contributed by atoms with Crippen LogP contribution < -0.4 is 9.88 Å². The number of phenolic OH excluding ortho intramolecular Hbond substituents is 2. The van der Waals surface area contributed by atoms with Gasteiger partial charge >= 0.3 is 16.2 Å². The molecule has 1 amide bonds. The first-order valence-electron chi connectivity index (χ1n) is 15.4. The molecule has 2 fully saturated rings. The highest BCUT2D eigenvalue weighted by molar-refractivity contribution is 7.88. The summed E-state index contributed by atoms with van der Waals surface area (Å²) in [6, 6.07) is 14.0. The number of phenols is 2. The van der Waals surface area contributed by atoms with E-state index in [1.807, 2.05) is 24.1 Å². The van der Waals surface area contributed by atoms with Crippen molar-refractivity contribution in [2.24, 2.45) is 21.4 Å². The molecule has 0 bridgehead atoms. The lowest BCUT2D eigenvalue weighted by atomic mass is 9.76. The van der Waals surface area contributed by atoms with E-state index < -0.39 is 10.2 Å². The van der Waals surface area contributed by atoms with Crippen LogP contribution >= 0.6 is 0 Å². The predicted molar refractivity (Wildman–Crippen MR) is 169 cm³/mol. The Hall–Kier alpha value is -4.16. The van der Waals surface area contributed by atoms with Crippen molar-refractivity contribution in [2.45, 2.75) is 51.4 Å². The van der Waals surface area contributed by atoms with Crippen molar-refractivity contribution in [3.63, 3.8) is 0 Å². The third-order valence-corrected chi connectivity index (χ3v) is 9.59. The SMILES string of the molecule is Cc1cnc2c(c1)CCc1cc(O)cc(O)c1C2C1CCN(C(=O)CC2CCN(/C(=N\S(N)(=O)=O)Oc3ccccc3)C2)CC1. The number of aromatic hydroxyl groups is 2. The van der Waals surface area contributed by atoms with E-state index in [0.717, 1.165) is 41.6 Å². The molecule has 238 valence electrons. The van der Waals surface area contributed by atoms with Crippen molar-refractivity contribution in [1.29, 1.82) is 0 Å². The van der Waals surface area contributed by atoms with Crippen LogP contribution in [-0.4, -0.2) is 71.5 Å². The lowest BCUT2D eigenvalue weighted by Gasteiger charge is -2.37. The number of piperidine rings is 1. The maximum atomic E-state index is 13.5. The molecule has 0 radical (unpaired) electrons. The van der Waals surface area contributed by atoms with Gasteiger partial charge in [0.15, 0.2) is 0 Å². The fourth-order valence-electron chi connectivity index (χ4n) is 7.11. The van der Waals surface area contributed by atoms with Crippen molar-refractivity contribution in [1.82, 2.24) is 14.8 Å². The number of ether oxygens (including phenoxy) is 1. The average molecular weight is 634 g/mol. The number of rotatable bonds is 5. The van der Waals surface area contributed by atoms with Crippen LogP contribution in [0.3, 0.4) is 0 Å². The number of amidine groups is 1. The lowest BCUT2D eigenvalue weighted by Crippen LogP contribution is -2.41. The van der Waals surface area contributed by atoms with Gasteiger partial charge in [-0.3, -0.25) is 9.78 Å². The number of carbonyl (C=O) groups is 1. The summed E-state index contributed by atoms with van der Waals surface area (Å²) in [6.07, 6.45) is 5.92. The van der Waals surface area contributed by atoms with E-state index in [4.69, 9.17) is 14.9 Å². The van der Waals surface area contributed by atoms with Gasteiger partial charge in [0.25, 0.3) is 0 Å². The molecular weight excluding hydrogens is 594 g/mol. The van der Waals surface area contributed by atoms with Gasteiger partial charge in [-0.05, 0) is 85.8 Å². The van der Waals surface area contributed by atoms with Crippen molar-refractivity contribution in [3.05, 3.63) is 82.7 Å². The number of hydrogen-bond donors (Lipinski definition) is 3. The van der Waals surface area contributed by atoms with Gasteiger partial charge in [-0.1, -0.05) is 28.7 Å². The minimum atomic E-state index is -4.19. The van der Waals surface area contributed by atoms with Crippen molar-refractivity contribution in [2.75, 3.05) is 26.2 Å². The highest BCUT2D eigenvalue weighted by Gasteiger charge is 2.37. The largest absolute Gasteiger partial charge is 0.508 e. The molecule has 12 heteroatoms. The molecule has 3 aliphatic rings. The Morgan fingerprint density at radius 3 is 2.47 bits per heavy atom. The van der Waals surface area contributed by atoms with E-state index in [-0.39, 0.29) is 41.2 Å². The molecule has 2 saturated heterocycles. The summed E-state index contributed by atoms with van der Waals surface area (Å²) in [5.74, 6) is 0.716. The number of aryl methyl sites for hydroxylation is 3. The van der Waals surface area contributed by atoms with Crippen LogP contribution in [0.25, 0.3) is 0 Å². The van der Waals surface area contributed by atoms with Crippen LogP contribution in [0.4, 0.5) is 0 Å². The van der Waals surface area contributed by atoms with E-state index in [1.165, 1.54) is 11.6 Å². The highest BCUT2D eigenvalue weighted by Crippen LogP contribution is 2.47. The van der Waals surface area contributed by atoms with Gasteiger partial charge in [-0.2, -0.15) is 8.42 Å². The number of amides is 1. The third-order valence-electron chi connectivity index (χ3n) is 9.18. The molecule has 2 aliphatic heterocycles. The van der Waals surface area contributed by atoms with Crippen molar-refractivity contribution >= 4 is 22.1 Å². The molecule has 2 aromatic carbocycles. The minimum Gasteiger partial charge on any atom is -0.508 e. The number of pyridine rings is 1. The Bertz CT molecular complexity index is 1710. The number of fused-ring (bicyclic) bond motifs is 2. The number of carbonyl (C=O) groups excluding carboxylic acids is 1. The predicted octanol–water partition coefficient (Wildman–Crippen LogP) is 3.62. The van der Waals surface area contributed by atoms with E-state index >= 15 is 0 Å². The Kier molecular flexibility index (Phi) is 8.69. The fourth-order valence-corrected chi connectivity index (χ4v) is 7.48. The lowest BCUT2D eigenvalue weighted by molar-refractivity contribution is -0.133. The number of nitrogens with zero attached hydrogens (tertiary/aromatic N) is 4. The van der Waals surface area contributed by atoms with Crippen molar-refractivity contribution < 1.29 is 28.2 Å². The van der Waals surface area contributed by atoms with Gasteiger partial charge in [0.2, 0.25) is 5.91 Å². The summed E-state index contributed by atoms with van der Waals surface area (Å²) in [6.45, 7) is 4.15. The van der Waals surface area contributed by atoms with Crippen LogP contribution in [0.15, 0.2) is 59.1 Å². The van der Waals surface area contributed by atoms with Crippen LogP contribution in [0.1, 0.15) is 59.5 Å². The second kappa shape index (κ2) is 12.7. The zero-order valence-electron chi connectivity index (χ0n) is 25.3. The molecule has 3 aromatic rings. The summed E-state index contributed by atoms with van der Waals surface area (Å²) in [4.78, 5) is 22.0. The third kappa shape index (κ3) is 7.07. The zero-order chi connectivity index (χ0) is 31.7. The summed E-state index contributed by atoms with van der Waals surface area (Å²) >= 11 is 0. The monoisotopic (exact) mass is 633 g/mol. The van der Waals surface area contributed by atoms with Crippen molar-refractivity contribution in [3.8, 4) is 17.2 Å². The fraction of sp³-hybridized carbons (Fsp3) is 0.424. The Labute approximate surface area is 263 Å². The van der Waals surface area contributed by atoms with Gasteiger partial charge < -0.3 is 24.7 Å². The first kappa shape index (κ1) is 30.8. The molecular formula is C33H39N5O6S. The quantitative estimate of drug-likeness (QED) is 0.284. The maximum absolute atomic E-state index is 13.5. The van der Waals surface area contributed by atoms with Crippen LogP contribution in [0.5, 0.6) is 17.2 Å². The Morgan fingerprint density at radius 2 is 1.73 bits per heavy atom. The van der Waals surface area contributed by atoms with Gasteiger partial charge in [-0.15, -0.1) is 0 Å².